The zero-order chi connectivity index (χ0) is 18.1. The van der Waals surface area contributed by atoms with Gasteiger partial charge in [-0.3, -0.25) is 4.79 Å². The summed E-state index contributed by atoms with van der Waals surface area (Å²) in [5.41, 5.74) is 0.854. The van der Waals surface area contributed by atoms with Gasteiger partial charge >= 0.3 is 5.97 Å². The first-order valence-electron chi connectivity index (χ1n) is 6.32. The van der Waals surface area contributed by atoms with Crippen LogP contribution in [0.25, 0.3) is 11.3 Å². The van der Waals surface area contributed by atoms with Crippen molar-refractivity contribution in [1.29, 1.82) is 0 Å². The number of carboxylic acid groups (broad SMARTS) is 1. The van der Waals surface area contributed by atoms with Crippen LogP contribution < -0.4 is 0 Å². The molecule has 2 rings (SSSR count). The summed E-state index contributed by atoms with van der Waals surface area (Å²) in [5, 5.41) is 7.56. The van der Waals surface area contributed by atoms with Crippen LogP contribution in [0.4, 0.5) is 0 Å². The number of sulfone groups is 2. The molecule has 0 spiro atoms. The number of aliphatic carboxylic acids is 1. The monoisotopic (exact) mass is 372 g/mol. The van der Waals surface area contributed by atoms with Crippen LogP contribution in [-0.4, -0.2) is 59.9 Å². The van der Waals surface area contributed by atoms with Crippen molar-refractivity contribution < 1.29 is 26.7 Å². The van der Waals surface area contributed by atoms with Crippen LogP contribution in [0.1, 0.15) is 5.69 Å². The molecule has 2 aromatic heterocycles. The maximum absolute atomic E-state index is 11.7. The Morgan fingerprint density at radius 1 is 1.08 bits per heavy atom. The van der Waals surface area contributed by atoms with Crippen LogP contribution in [0.5, 0.6) is 0 Å². The van der Waals surface area contributed by atoms with Crippen LogP contribution in [0, 0.1) is 6.92 Å². The Morgan fingerprint density at radius 2 is 1.67 bits per heavy atom. The molecule has 0 atom stereocenters. The summed E-state index contributed by atoms with van der Waals surface area (Å²) in [4.78, 5) is 25.5. The number of aryl methyl sites for hydroxylation is 1. The van der Waals surface area contributed by atoms with Gasteiger partial charge in [0.15, 0.2) is 5.75 Å². The molecule has 24 heavy (non-hydrogen) atoms. The Labute approximate surface area is 137 Å². The first-order valence-corrected chi connectivity index (χ1v) is 9.86. The Morgan fingerprint density at radius 3 is 2.17 bits per heavy atom. The average Bonchev–Trinajstić information content (AvgIpc) is 2.44. The van der Waals surface area contributed by atoms with Gasteiger partial charge in [-0.25, -0.2) is 36.8 Å². The molecule has 12 heteroatoms. The number of hydrogen-bond acceptors (Lipinski definition) is 9. The van der Waals surface area contributed by atoms with Gasteiger partial charge in [0.1, 0.15) is 0 Å². The van der Waals surface area contributed by atoms with Crippen LogP contribution in [-0.2, 0) is 24.5 Å². The second kappa shape index (κ2) is 6.20. The Hall–Kier alpha value is -2.47. The lowest BCUT2D eigenvalue weighted by Gasteiger charge is -2.05. The second-order valence-corrected chi connectivity index (χ2v) is 8.65. The fraction of sp³-hybridized carbons (Fsp3) is 0.250. The van der Waals surface area contributed by atoms with E-state index in [1.165, 1.54) is 6.07 Å². The van der Waals surface area contributed by atoms with Crippen molar-refractivity contribution in [2.45, 2.75) is 17.2 Å². The first-order chi connectivity index (χ1) is 11.0. The number of aromatic nitrogens is 4. The average molecular weight is 372 g/mol. The molecule has 1 N–H and O–H groups in total. The van der Waals surface area contributed by atoms with Crippen LogP contribution in [0.15, 0.2) is 28.8 Å². The predicted molar refractivity (Wildman–Crippen MR) is 80.6 cm³/mol. The minimum absolute atomic E-state index is 0.199. The van der Waals surface area contributed by atoms with Gasteiger partial charge in [0.05, 0.1) is 5.69 Å². The zero-order valence-corrected chi connectivity index (χ0v) is 14.2. The van der Waals surface area contributed by atoms with Gasteiger partial charge in [-0.2, -0.15) is 0 Å². The first kappa shape index (κ1) is 17.9. The molecule has 0 aliphatic rings. The third-order valence-electron chi connectivity index (χ3n) is 2.68. The molecule has 2 heterocycles. The van der Waals surface area contributed by atoms with Crippen LogP contribution >= 0.6 is 0 Å². The summed E-state index contributed by atoms with van der Waals surface area (Å²) < 4.78 is 46.6. The van der Waals surface area contributed by atoms with Crippen molar-refractivity contribution in [2.75, 3.05) is 12.0 Å². The molecule has 0 unspecified atom stereocenters. The van der Waals surface area contributed by atoms with Crippen LogP contribution in [0.2, 0.25) is 0 Å². The number of nitrogens with zero attached hydrogens (tertiary/aromatic N) is 4. The highest BCUT2D eigenvalue weighted by Gasteiger charge is 2.22. The Bertz CT molecular complexity index is 1000. The summed E-state index contributed by atoms with van der Waals surface area (Å²) in [5.74, 6) is -2.65. The summed E-state index contributed by atoms with van der Waals surface area (Å²) in [6.07, 6.45) is 3.20. The summed E-state index contributed by atoms with van der Waals surface area (Å²) in [7, 11) is -7.77. The van der Waals surface area contributed by atoms with Gasteiger partial charge in [0, 0.05) is 29.9 Å². The quantitative estimate of drug-likeness (QED) is 0.678. The third kappa shape index (κ3) is 4.08. The molecule has 2 aromatic rings. The molecule has 0 aliphatic carbocycles. The number of carboxylic acids is 1. The predicted octanol–water partition coefficient (Wildman–Crippen LogP) is -0.496. The van der Waals surface area contributed by atoms with Crippen molar-refractivity contribution in [1.82, 2.24) is 19.9 Å². The number of hydrogen-bond donors (Lipinski definition) is 1. The maximum Gasteiger partial charge on any atom is 0.319 e. The van der Waals surface area contributed by atoms with Crippen LogP contribution in [0.3, 0.4) is 0 Å². The zero-order valence-electron chi connectivity index (χ0n) is 12.5. The standard InChI is InChI=1S/C12H12N4O6S2/c1-7-3-9(16-12(15-7)23(2,19)20)8-4-13-11(14-5-8)24(21,22)6-10(17)18/h3-5H,6H2,1-2H3,(H,17,18). The highest BCUT2D eigenvalue weighted by Crippen LogP contribution is 2.18. The van der Waals surface area contributed by atoms with E-state index in [9.17, 15) is 21.6 Å². The normalized spacial score (nSPS) is 12.1. The molecule has 0 radical (unpaired) electrons. The summed E-state index contributed by atoms with van der Waals surface area (Å²) >= 11 is 0. The minimum atomic E-state index is -4.15. The van der Waals surface area contributed by atoms with Crippen molar-refractivity contribution >= 4 is 25.6 Å². The lowest BCUT2D eigenvalue weighted by Crippen LogP contribution is -2.17. The molecule has 0 amide bonds. The lowest BCUT2D eigenvalue weighted by atomic mass is 10.2. The summed E-state index contributed by atoms with van der Waals surface area (Å²) in [6.45, 7) is 1.58. The minimum Gasteiger partial charge on any atom is -0.480 e. The van der Waals surface area contributed by atoms with E-state index in [1.54, 1.807) is 6.92 Å². The van der Waals surface area contributed by atoms with Gasteiger partial charge in [0.25, 0.3) is 0 Å². The smallest absolute Gasteiger partial charge is 0.319 e. The highest BCUT2D eigenvalue weighted by atomic mass is 32.2. The van der Waals surface area contributed by atoms with Gasteiger partial charge < -0.3 is 5.11 Å². The fourth-order valence-electron chi connectivity index (χ4n) is 1.69. The fourth-order valence-corrected chi connectivity index (χ4v) is 3.15. The van der Waals surface area contributed by atoms with E-state index in [1.807, 2.05) is 0 Å². The Balaban J connectivity index is 2.46. The van der Waals surface area contributed by atoms with E-state index in [0.29, 0.717) is 5.69 Å². The Kier molecular flexibility index (Phi) is 4.62. The van der Waals surface area contributed by atoms with Crippen molar-refractivity contribution in [3.05, 3.63) is 24.2 Å². The van der Waals surface area contributed by atoms with Gasteiger partial charge in [-0.05, 0) is 13.0 Å². The maximum atomic E-state index is 11.7. The van der Waals surface area contributed by atoms with Crippen molar-refractivity contribution in [3.63, 3.8) is 0 Å². The SMILES string of the molecule is Cc1cc(-c2cnc(S(=O)(=O)CC(=O)O)nc2)nc(S(C)(=O)=O)n1. The van der Waals surface area contributed by atoms with Gasteiger partial charge in [-0.1, -0.05) is 0 Å². The molecule has 0 aromatic carbocycles. The molecular weight excluding hydrogens is 360 g/mol. The largest absolute Gasteiger partial charge is 0.480 e. The lowest BCUT2D eigenvalue weighted by molar-refractivity contribution is -0.134. The van der Waals surface area contributed by atoms with E-state index < -0.39 is 36.6 Å². The van der Waals surface area contributed by atoms with Gasteiger partial charge in [0.2, 0.25) is 30.0 Å². The molecule has 0 aliphatic heterocycles. The van der Waals surface area contributed by atoms with E-state index in [4.69, 9.17) is 5.11 Å². The molecule has 10 nitrogen and oxygen atoms in total. The van der Waals surface area contributed by atoms with Crippen molar-refractivity contribution in [3.8, 4) is 11.3 Å². The second-order valence-electron chi connectivity index (χ2n) is 4.86. The highest BCUT2D eigenvalue weighted by molar-refractivity contribution is 7.92. The van der Waals surface area contributed by atoms with E-state index in [-0.39, 0.29) is 16.4 Å². The topological polar surface area (TPSA) is 157 Å². The molecule has 0 saturated heterocycles. The summed E-state index contributed by atoms with van der Waals surface area (Å²) in [6, 6.07) is 1.48. The molecular formula is C12H12N4O6S2. The third-order valence-corrected chi connectivity index (χ3v) is 4.92. The number of rotatable bonds is 5. The number of carbonyl (C=O) groups is 1. The van der Waals surface area contributed by atoms with Gasteiger partial charge in [-0.15, -0.1) is 0 Å². The molecule has 128 valence electrons. The van der Waals surface area contributed by atoms with E-state index >= 15 is 0 Å². The van der Waals surface area contributed by atoms with Crippen molar-refractivity contribution in [2.24, 2.45) is 0 Å². The molecule has 0 fully saturated rings. The van der Waals surface area contributed by atoms with E-state index in [2.05, 4.69) is 19.9 Å². The van der Waals surface area contributed by atoms with E-state index in [0.717, 1.165) is 18.6 Å². The molecule has 0 saturated carbocycles. The molecule has 0 bridgehead atoms.